The fourth-order valence-corrected chi connectivity index (χ4v) is 1.71. The van der Waals surface area contributed by atoms with Crippen LogP contribution in [0.3, 0.4) is 0 Å². The second-order valence-electron chi connectivity index (χ2n) is 3.95. The molecular weight excluding hydrogens is 252 g/mol. The highest BCUT2D eigenvalue weighted by Crippen LogP contribution is 2.23. The first-order valence-corrected chi connectivity index (χ1v) is 6.08. The molecule has 1 aromatic carbocycles. The Hall–Kier alpha value is -3.02. The van der Waals surface area contributed by atoms with Crippen LogP contribution in [0.5, 0.6) is 0 Å². The van der Waals surface area contributed by atoms with Crippen LogP contribution in [0.25, 0.3) is 11.2 Å². The van der Waals surface area contributed by atoms with Crippen LogP contribution < -0.4 is 10.9 Å². The summed E-state index contributed by atoms with van der Waals surface area (Å²) < 4.78 is 0. The van der Waals surface area contributed by atoms with E-state index in [0.29, 0.717) is 5.65 Å². The fourth-order valence-electron chi connectivity index (χ4n) is 1.71. The lowest BCUT2D eigenvalue weighted by atomic mass is 10.3. The molecule has 0 amide bonds. The number of aliphatic imine (C=N–C) groups is 1. The number of pyridine rings is 1. The first-order valence-electron chi connectivity index (χ1n) is 6.08. The van der Waals surface area contributed by atoms with E-state index in [9.17, 15) is 0 Å². The lowest BCUT2D eigenvalue weighted by Crippen LogP contribution is -2.21. The zero-order valence-electron chi connectivity index (χ0n) is 10.6. The van der Waals surface area contributed by atoms with Crippen molar-refractivity contribution in [2.75, 3.05) is 5.43 Å². The quantitative estimate of drug-likeness (QED) is 0.651. The van der Waals surface area contributed by atoms with Crippen molar-refractivity contribution >= 4 is 28.9 Å². The van der Waals surface area contributed by atoms with E-state index in [-0.39, 0.29) is 0 Å². The highest BCUT2D eigenvalue weighted by molar-refractivity contribution is 5.76. The predicted octanol–water partition coefficient (Wildman–Crippen LogP) is 2.30. The number of fused-ring (bicyclic) bond motifs is 2. The van der Waals surface area contributed by atoms with Gasteiger partial charge in [-0.25, -0.2) is 15.0 Å². The number of hydrogen-bond acceptors (Lipinski definition) is 6. The Balaban J connectivity index is 0.000000121. The molecule has 2 N–H and O–H groups in total. The van der Waals surface area contributed by atoms with Gasteiger partial charge in [-0.1, -0.05) is 12.1 Å². The maximum atomic E-state index is 4.09. The summed E-state index contributed by atoms with van der Waals surface area (Å²) in [7, 11) is 0. The van der Waals surface area contributed by atoms with E-state index < -0.39 is 0 Å². The Morgan fingerprint density at radius 2 is 1.65 bits per heavy atom. The number of aromatic nitrogens is 3. The number of anilines is 1. The van der Waals surface area contributed by atoms with E-state index in [1.54, 1.807) is 24.9 Å². The van der Waals surface area contributed by atoms with Crippen molar-refractivity contribution in [3.05, 3.63) is 55.0 Å². The molecule has 0 atom stereocenters. The topological polar surface area (TPSA) is 75.1 Å². The number of para-hydroxylation sites is 2. The van der Waals surface area contributed by atoms with Crippen LogP contribution in [0.2, 0.25) is 0 Å². The van der Waals surface area contributed by atoms with Crippen molar-refractivity contribution in [1.29, 1.82) is 0 Å². The molecule has 20 heavy (non-hydrogen) atoms. The number of rotatable bonds is 0. The van der Waals surface area contributed by atoms with Crippen molar-refractivity contribution in [1.82, 2.24) is 20.4 Å². The summed E-state index contributed by atoms with van der Waals surface area (Å²) in [4.78, 5) is 16.2. The van der Waals surface area contributed by atoms with Gasteiger partial charge in [-0.3, -0.25) is 15.8 Å². The van der Waals surface area contributed by atoms with Gasteiger partial charge < -0.3 is 0 Å². The summed E-state index contributed by atoms with van der Waals surface area (Å²) in [5.74, 6) is 0. The summed E-state index contributed by atoms with van der Waals surface area (Å²) in [6.07, 6.45) is 6.62. The fraction of sp³-hybridized carbons (Fsp3) is 0. The largest absolute Gasteiger partial charge is 0.298 e. The lowest BCUT2D eigenvalue weighted by molar-refractivity contribution is 1.12. The molecule has 0 radical (unpaired) electrons. The predicted molar refractivity (Wildman–Crippen MR) is 78.7 cm³/mol. The van der Waals surface area contributed by atoms with Crippen molar-refractivity contribution < 1.29 is 0 Å². The Morgan fingerprint density at radius 1 is 0.800 bits per heavy atom. The number of hydrazine groups is 1. The average Bonchev–Trinajstić information content (AvgIpc) is 2.56. The molecule has 0 unspecified atom stereocenters. The zero-order valence-corrected chi connectivity index (χ0v) is 10.6. The Morgan fingerprint density at radius 3 is 2.55 bits per heavy atom. The second-order valence-corrected chi connectivity index (χ2v) is 3.95. The summed E-state index contributed by atoms with van der Waals surface area (Å²) in [6, 6.07) is 11.6. The van der Waals surface area contributed by atoms with Gasteiger partial charge in [0.15, 0.2) is 5.65 Å². The Bertz CT molecular complexity index is 675. The molecule has 4 rings (SSSR count). The van der Waals surface area contributed by atoms with Gasteiger partial charge in [-0.15, -0.1) is 0 Å². The van der Waals surface area contributed by atoms with E-state index in [2.05, 4.69) is 30.8 Å². The summed E-state index contributed by atoms with van der Waals surface area (Å²) in [5.41, 5.74) is 9.29. The van der Waals surface area contributed by atoms with Gasteiger partial charge in [-0.2, -0.15) is 0 Å². The highest BCUT2D eigenvalue weighted by atomic mass is 15.4. The molecule has 3 heterocycles. The minimum Gasteiger partial charge on any atom is -0.298 e. The molecule has 0 aliphatic carbocycles. The summed E-state index contributed by atoms with van der Waals surface area (Å²) in [5, 5.41) is 0. The molecule has 6 nitrogen and oxygen atoms in total. The van der Waals surface area contributed by atoms with Crippen LogP contribution in [0, 0.1) is 0 Å². The molecular formula is C14H12N6. The number of nitrogens with one attached hydrogen (secondary N) is 2. The van der Waals surface area contributed by atoms with Crippen molar-refractivity contribution in [2.45, 2.75) is 0 Å². The lowest BCUT2D eigenvalue weighted by Gasteiger charge is -2.11. The van der Waals surface area contributed by atoms with Gasteiger partial charge in [0.1, 0.15) is 11.9 Å². The third-order valence-corrected chi connectivity index (χ3v) is 2.62. The van der Waals surface area contributed by atoms with Crippen LogP contribution in [-0.2, 0) is 0 Å². The van der Waals surface area contributed by atoms with Crippen LogP contribution in [0.15, 0.2) is 60.0 Å². The smallest absolute Gasteiger partial charge is 0.178 e. The van der Waals surface area contributed by atoms with E-state index in [4.69, 9.17) is 0 Å². The van der Waals surface area contributed by atoms with Gasteiger partial charge in [0.25, 0.3) is 0 Å². The van der Waals surface area contributed by atoms with Gasteiger partial charge >= 0.3 is 0 Å². The SMILES string of the molecule is C1=Nc2ccccc2NN1.c1cnc2nccnc2c1. The van der Waals surface area contributed by atoms with Crippen LogP contribution in [-0.4, -0.2) is 21.3 Å². The molecule has 6 heteroatoms. The average molecular weight is 264 g/mol. The van der Waals surface area contributed by atoms with Gasteiger partial charge in [0.2, 0.25) is 0 Å². The minimum atomic E-state index is 0.699. The zero-order chi connectivity index (χ0) is 13.6. The first kappa shape index (κ1) is 12.0. The van der Waals surface area contributed by atoms with E-state index in [1.807, 2.05) is 36.4 Å². The van der Waals surface area contributed by atoms with Crippen molar-refractivity contribution in [3.63, 3.8) is 0 Å². The molecule has 0 saturated heterocycles. The highest BCUT2D eigenvalue weighted by Gasteiger charge is 1.99. The molecule has 1 aliphatic rings. The molecule has 1 aliphatic heterocycles. The van der Waals surface area contributed by atoms with Crippen LogP contribution in [0.4, 0.5) is 11.4 Å². The maximum absolute atomic E-state index is 4.09. The third kappa shape index (κ3) is 2.69. The second kappa shape index (κ2) is 5.75. The summed E-state index contributed by atoms with van der Waals surface area (Å²) >= 11 is 0. The first-order chi connectivity index (χ1) is 9.93. The molecule has 98 valence electrons. The van der Waals surface area contributed by atoms with Crippen molar-refractivity contribution in [2.24, 2.45) is 4.99 Å². The normalized spacial score (nSPS) is 11.6. The molecule has 0 fully saturated rings. The number of hydrogen-bond donors (Lipinski definition) is 2. The van der Waals surface area contributed by atoms with Crippen molar-refractivity contribution in [3.8, 4) is 0 Å². The molecule has 0 saturated carbocycles. The number of benzene rings is 1. The molecule has 0 bridgehead atoms. The van der Waals surface area contributed by atoms with E-state index in [1.165, 1.54) is 0 Å². The minimum absolute atomic E-state index is 0.699. The molecule has 3 aromatic rings. The van der Waals surface area contributed by atoms with Gasteiger partial charge in [-0.05, 0) is 24.3 Å². The van der Waals surface area contributed by atoms with Gasteiger partial charge in [0.05, 0.1) is 11.4 Å². The standard InChI is InChI=1S/C7H5N3.C7H7N3/c1-2-6-7(9-3-1)10-5-4-8-6;1-2-4-7-6(3-1)8-5-9-10-7/h1-5H;1-5,10H,(H,8,9). The third-order valence-electron chi connectivity index (χ3n) is 2.62. The number of nitrogens with zero attached hydrogens (tertiary/aromatic N) is 4. The Kier molecular flexibility index (Phi) is 3.46. The maximum Gasteiger partial charge on any atom is 0.178 e. The Labute approximate surface area is 115 Å². The molecule has 0 spiro atoms. The monoisotopic (exact) mass is 264 g/mol. The van der Waals surface area contributed by atoms with E-state index in [0.717, 1.165) is 16.9 Å². The van der Waals surface area contributed by atoms with Gasteiger partial charge in [0, 0.05) is 18.6 Å². The summed E-state index contributed by atoms with van der Waals surface area (Å²) in [6.45, 7) is 0. The van der Waals surface area contributed by atoms with E-state index >= 15 is 0 Å². The van der Waals surface area contributed by atoms with Crippen LogP contribution in [0.1, 0.15) is 0 Å². The molecule has 2 aromatic heterocycles. The van der Waals surface area contributed by atoms with Crippen LogP contribution >= 0.6 is 0 Å².